The minimum atomic E-state index is 0.516. The van der Waals surface area contributed by atoms with Crippen LogP contribution in [0.15, 0.2) is 46.1 Å². The smallest absolute Gasteiger partial charge is 0.0734 e. The van der Waals surface area contributed by atoms with Gasteiger partial charge in [-0.3, -0.25) is 0 Å². The van der Waals surface area contributed by atoms with Crippen LogP contribution in [0.5, 0.6) is 0 Å². The van der Waals surface area contributed by atoms with Crippen LogP contribution in [0, 0.1) is 24.2 Å². The second kappa shape index (κ2) is 6.96. The predicted molar refractivity (Wildman–Crippen MR) is 80.9 cm³/mol. The molecule has 0 spiro atoms. The number of ether oxygens (including phenoxy) is 2. The Labute approximate surface area is 120 Å². The predicted octanol–water partition coefficient (Wildman–Crippen LogP) is 2.80. The van der Waals surface area contributed by atoms with Crippen LogP contribution in [0.2, 0.25) is 0 Å². The van der Waals surface area contributed by atoms with Crippen LogP contribution in [0.4, 0.5) is 0 Å². The lowest BCUT2D eigenvalue weighted by Gasteiger charge is -2.03. The molecular formula is C18H18O2. The Kier molecular flexibility index (Phi) is 5.02. The lowest BCUT2D eigenvalue weighted by Crippen LogP contribution is -1.97. The fourth-order valence-corrected chi connectivity index (χ4v) is 2.32. The summed E-state index contributed by atoms with van der Waals surface area (Å²) >= 11 is 0. The maximum atomic E-state index is 5.50. The summed E-state index contributed by atoms with van der Waals surface area (Å²) in [5.41, 5.74) is 5.31. The molecule has 0 atom stereocenters. The summed E-state index contributed by atoms with van der Waals surface area (Å²) in [6, 6.07) is 0. The average molecular weight is 266 g/mol. The lowest BCUT2D eigenvalue weighted by atomic mass is 10.1. The molecule has 0 N–H and O–H groups in total. The van der Waals surface area contributed by atoms with Gasteiger partial charge in [0.25, 0.3) is 0 Å². The van der Waals surface area contributed by atoms with E-state index in [1.54, 1.807) is 14.2 Å². The Morgan fingerprint density at radius 2 is 1.85 bits per heavy atom. The van der Waals surface area contributed by atoms with Crippen molar-refractivity contribution in [2.45, 2.75) is 12.8 Å². The molecule has 0 saturated carbocycles. The number of rotatable bonds is 4. The zero-order valence-corrected chi connectivity index (χ0v) is 12.0. The largest absolute Gasteiger partial charge is 0.380 e. The number of methoxy groups -OCH3 is 2. The first kappa shape index (κ1) is 14.4. The van der Waals surface area contributed by atoms with Crippen LogP contribution in [0.3, 0.4) is 0 Å². The van der Waals surface area contributed by atoms with Crippen LogP contribution in [0.25, 0.3) is 0 Å². The molecule has 0 saturated heterocycles. The van der Waals surface area contributed by atoms with Gasteiger partial charge in [-0.2, -0.15) is 0 Å². The number of hydrogen-bond donors (Lipinski definition) is 0. The zero-order chi connectivity index (χ0) is 14.4. The number of terminal acetylenes is 1. The monoisotopic (exact) mass is 266 g/mol. The highest BCUT2D eigenvalue weighted by atomic mass is 16.5. The van der Waals surface area contributed by atoms with Gasteiger partial charge in [0.1, 0.15) is 0 Å². The fraction of sp³-hybridized carbons (Fsp3) is 0.333. The van der Waals surface area contributed by atoms with Crippen molar-refractivity contribution in [3.05, 3.63) is 46.1 Å². The molecule has 0 bridgehead atoms. The molecule has 0 heterocycles. The van der Waals surface area contributed by atoms with Gasteiger partial charge in [0, 0.05) is 42.9 Å². The third-order valence-electron chi connectivity index (χ3n) is 3.34. The Balaban J connectivity index is 2.23. The van der Waals surface area contributed by atoms with E-state index >= 15 is 0 Å². The number of allylic oxidation sites excluding steroid dienone is 4. The van der Waals surface area contributed by atoms with Crippen molar-refractivity contribution in [2.24, 2.45) is 0 Å². The van der Waals surface area contributed by atoms with Crippen molar-refractivity contribution in [1.29, 1.82) is 0 Å². The van der Waals surface area contributed by atoms with E-state index in [-0.39, 0.29) is 0 Å². The molecule has 0 aromatic heterocycles. The highest BCUT2D eigenvalue weighted by Gasteiger charge is 2.15. The minimum absolute atomic E-state index is 0.516. The molecule has 2 rings (SSSR count). The van der Waals surface area contributed by atoms with E-state index in [2.05, 4.69) is 29.9 Å². The molecular weight excluding hydrogens is 248 g/mol. The third kappa shape index (κ3) is 3.11. The van der Waals surface area contributed by atoms with Gasteiger partial charge >= 0.3 is 0 Å². The normalized spacial score (nSPS) is 17.1. The highest BCUT2D eigenvalue weighted by Crippen LogP contribution is 2.26. The third-order valence-corrected chi connectivity index (χ3v) is 3.34. The fourth-order valence-electron chi connectivity index (χ4n) is 2.32. The van der Waals surface area contributed by atoms with Crippen LogP contribution in [-0.2, 0) is 9.47 Å². The van der Waals surface area contributed by atoms with Crippen molar-refractivity contribution >= 4 is 0 Å². The van der Waals surface area contributed by atoms with Crippen molar-refractivity contribution in [2.75, 3.05) is 27.4 Å². The summed E-state index contributed by atoms with van der Waals surface area (Å²) in [7, 11) is 3.37. The summed E-state index contributed by atoms with van der Waals surface area (Å²) in [5.74, 6) is 9.22. The lowest BCUT2D eigenvalue weighted by molar-refractivity contribution is 0.227. The van der Waals surface area contributed by atoms with Gasteiger partial charge in [-0.25, -0.2) is 0 Å². The molecule has 0 radical (unpaired) electrons. The van der Waals surface area contributed by atoms with Crippen LogP contribution in [-0.4, -0.2) is 27.4 Å². The van der Waals surface area contributed by atoms with E-state index < -0.39 is 0 Å². The van der Waals surface area contributed by atoms with Crippen molar-refractivity contribution < 1.29 is 9.47 Å². The van der Waals surface area contributed by atoms with Crippen molar-refractivity contribution in [3.8, 4) is 24.2 Å². The standard InChI is InChI=1S/C18H18O2/c1-4-14-8-10-16(18(14)13-20-3)11-9-15-6-5-7-17(15)12-19-2/h1,5,7-8H,6,10,12-13H2,2-3H3. The molecule has 0 unspecified atom stereocenters. The van der Waals surface area contributed by atoms with Gasteiger partial charge in [-0.05, 0) is 12.0 Å². The maximum Gasteiger partial charge on any atom is 0.0734 e. The molecule has 20 heavy (non-hydrogen) atoms. The summed E-state index contributed by atoms with van der Waals surface area (Å²) < 4.78 is 10.4. The first-order valence-corrected chi connectivity index (χ1v) is 6.57. The van der Waals surface area contributed by atoms with Crippen molar-refractivity contribution in [3.63, 3.8) is 0 Å². The Hall–Kier alpha value is -2.00. The van der Waals surface area contributed by atoms with Gasteiger partial charge < -0.3 is 9.47 Å². The summed E-state index contributed by atoms with van der Waals surface area (Å²) in [5, 5.41) is 0. The average Bonchev–Trinajstić information content (AvgIpc) is 3.04. The maximum absolute atomic E-state index is 5.50. The molecule has 0 fully saturated rings. The van der Waals surface area contributed by atoms with Crippen LogP contribution < -0.4 is 0 Å². The van der Waals surface area contributed by atoms with Gasteiger partial charge in [0.15, 0.2) is 0 Å². The van der Waals surface area contributed by atoms with Gasteiger partial charge in [-0.1, -0.05) is 36.0 Å². The second-order valence-electron chi connectivity index (χ2n) is 4.65. The van der Waals surface area contributed by atoms with E-state index in [0.717, 1.165) is 40.7 Å². The van der Waals surface area contributed by atoms with Gasteiger partial charge in [0.05, 0.1) is 13.2 Å². The van der Waals surface area contributed by atoms with Gasteiger partial charge in [0.2, 0.25) is 0 Å². The SMILES string of the molecule is C#CC1=CCC(C#CC2=C(COC)C=CC2)=C1COC. The van der Waals surface area contributed by atoms with E-state index in [9.17, 15) is 0 Å². The Morgan fingerprint density at radius 1 is 1.10 bits per heavy atom. The molecule has 0 aromatic rings. The summed E-state index contributed by atoms with van der Waals surface area (Å²) in [6.45, 7) is 1.13. The topological polar surface area (TPSA) is 18.5 Å². The second-order valence-corrected chi connectivity index (χ2v) is 4.65. The van der Waals surface area contributed by atoms with Gasteiger partial charge in [-0.15, -0.1) is 6.42 Å². The molecule has 0 amide bonds. The number of hydrogen-bond acceptors (Lipinski definition) is 2. The van der Waals surface area contributed by atoms with E-state index in [4.69, 9.17) is 15.9 Å². The van der Waals surface area contributed by atoms with E-state index in [1.165, 1.54) is 0 Å². The molecule has 2 aliphatic carbocycles. The minimum Gasteiger partial charge on any atom is -0.380 e. The molecule has 102 valence electrons. The van der Waals surface area contributed by atoms with Crippen molar-refractivity contribution in [1.82, 2.24) is 0 Å². The zero-order valence-electron chi connectivity index (χ0n) is 12.0. The highest BCUT2D eigenvalue weighted by molar-refractivity contribution is 5.59. The summed E-state index contributed by atoms with van der Waals surface area (Å²) in [6.07, 6.45) is 13.4. The summed E-state index contributed by atoms with van der Waals surface area (Å²) in [4.78, 5) is 0. The van der Waals surface area contributed by atoms with E-state index in [1.807, 2.05) is 6.08 Å². The van der Waals surface area contributed by atoms with Crippen LogP contribution in [0.1, 0.15) is 12.8 Å². The van der Waals surface area contributed by atoms with E-state index in [0.29, 0.717) is 13.2 Å². The molecule has 2 nitrogen and oxygen atoms in total. The molecule has 0 aliphatic heterocycles. The van der Waals surface area contributed by atoms with Crippen LogP contribution >= 0.6 is 0 Å². The first-order chi connectivity index (χ1) is 9.80. The molecule has 2 aliphatic rings. The first-order valence-electron chi connectivity index (χ1n) is 6.57. The molecule has 2 heteroatoms. The Bertz CT molecular complexity index is 610. The quantitative estimate of drug-likeness (QED) is 0.728. The molecule has 0 aromatic carbocycles. The Morgan fingerprint density at radius 3 is 2.55 bits per heavy atom.